The van der Waals surface area contributed by atoms with Gasteiger partial charge >= 0.3 is 5.97 Å². The van der Waals surface area contributed by atoms with Crippen molar-refractivity contribution in [3.63, 3.8) is 0 Å². The Morgan fingerprint density at radius 3 is 2.60 bits per heavy atom. The first-order chi connectivity index (χ1) is 12.0. The molecular weight excluding hydrogens is 354 g/mol. The van der Waals surface area contributed by atoms with E-state index in [4.69, 9.17) is 4.74 Å². The Morgan fingerprint density at radius 2 is 1.96 bits per heavy atom. The molecule has 1 aromatic carbocycles. The van der Waals surface area contributed by atoms with Crippen LogP contribution in [0.15, 0.2) is 42.7 Å². The van der Waals surface area contributed by atoms with Gasteiger partial charge in [-0.2, -0.15) is 0 Å². The molecule has 0 saturated carbocycles. The van der Waals surface area contributed by atoms with Gasteiger partial charge in [-0.1, -0.05) is 6.07 Å². The molecule has 0 radical (unpaired) electrons. The van der Waals surface area contributed by atoms with Crippen molar-refractivity contribution in [2.24, 2.45) is 0 Å². The molecular formula is C16H16F2N2O4S. The molecule has 0 saturated heterocycles. The minimum Gasteiger partial charge on any atom is -0.461 e. The van der Waals surface area contributed by atoms with Crippen LogP contribution in [-0.4, -0.2) is 43.4 Å². The molecule has 0 fully saturated rings. The predicted octanol–water partition coefficient (Wildman–Crippen LogP) is 1.59. The number of hydrogen-bond donors (Lipinski definition) is 1. The average Bonchev–Trinajstić information content (AvgIpc) is 2.61. The number of nitrogens with zero attached hydrogens (tertiary/aromatic N) is 2. The lowest BCUT2D eigenvalue weighted by Crippen LogP contribution is -2.29. The monoisotopic (exact) mass is 370 g/mol. The van der Waals surface area contributed by atoms with E-state index in [0.717, 1.165) is 16.4 Å². The second-order valence-corrected chi connectivity index (χ2v) is 6.11. The van der Waals surface area contributed by atoms with Gasteiger partial charge in [-0.05, 0) is 36.2 Å². The molecule has 0 unspecified atom stereocenters. The van der Waals surface area contributed by atoms with Gasteiger partial charge in [-0.15, -0.1) is 0 Å². The number of aromatic nitrogens is 1. The van der Waals surface area contributed by atoms with E-state index in [-0.39, 0.29) is 31.7 Å². The first kappa shape index (κ1) is 18.9. The van der Waals surface area contributed by atoms with E-state index in [9.17, 15) is 22.0 Å². The van der Waals surface area contributed by atoms with E-state index in [1.54, 1.807) is 6.07 Å². The summed E-state index contributed by atoms with van der Waals surface area (Å²) in [6.45, 7) is -0.0998. The van der Waals surface area contributed by atoms with E-state index in [1.165, 1.54) is 24.5 Å². The molecule has 0 aliphatic carbocycles. The summed E-state index contributed by atoms with van der Waals surface area (Å²) in [6.07, 6.45) is 3.06. The van der Waals surface area contributed by atoms with Crippen LogP contribution in [0.3, 0.4) is 0 Å². The van der Waals surface area contributed by atoms with Crippen LogP contribution in [0.1, 0.15) is 15.9 Å². The van der Waals surface area contributed by atoms with Crippen LogP contribution in [-0.2, 0) is 22.0 Å². The molecule has 0 amide bonds. The van der Waals surface area contributed by atoms with Crippen molar-refractivity contribution in [1.82, 2.24) is 9.29 Å². The van der Waals surface area contributed by atoms with Crippen molar-refractivity contribution in [3.05, 3.63) is 65.5 Å². The van der Waals surface area contributed by atoms with Crippen LogP contribution in [0, 0.1) is 11.6 Å². The molecule has 134 valence electrons. The summed E-state index contributed by atoms with van der Waals surface area (Å²) in [5.74, 6) is -2.55. The molecule has 0 aliphatic heterocycles. The highest BCUT2D eigenvalue weighted by atomic mass is 32.2. The molecule has 0 atom stereocenters. The minimum absolute atomic E-state index is 0.0334. The van der Waals surface area contributed by atoms with Gasteiger partial charge in [-0.3, -0.25) is 4.98 Å². The molecule has 2 rings (SSSR count). The Kier molecular flexibility index (Phi) is 6.96. The quantitative estimate of drug-likeness (QED) is 0.564. The van der Waals surface area contributed by atoms with Gasteiger partial charge in [0.05, 0.1) is 5.56 Å². The van der Waals surface area contributed by atoms with Crippen molar-refractivity contribution >= 4 is 16.9 Å². The fourth-order valence-electron chi connectivity index (χ4n) is 2.04. The fourth-order valence-corrected chi connectivity index (χ4v) is 2.55. The van der Waals surface area contributed by atoms with E-state index in [0.29, 0.717) is 5.56 Å². The topological polar surface area (TPSA) is 76.6 Å². The van der Waals surface area contributed by atoms with E-state index >= 15 is 0 Å². The Bertz CT molecular complexity index is 792. The Morgan fingerprint density at radius 1 is 1.16 bits per heavy atom. The third-order valence-corrected chi connectivity index (χ3v) is 4.22. The van der Waals surface area contributed by atoms with Crippen LogP contribution < -0.4 is 0 Å². The molecule has 2 aromatic rings. The van der Waals surface area contributed by atoms with Crippen molar-refractivity contribution < 1.29 is 26.7 Å². The molecule has 6 nitrogen and oxygen atoms in total. The highest BCUT2D eigenvalue weighted by Crippen LogP contribution is 2.10. The summed E-state index contributed by atoms with van der Waals surface area (Å²) in [6, 6.07) is 6.51. The lowest BCUT2D eigenvalue weighted by Gasteiger charge is -2.15. The number of carbonyl (C=O) groups is 1. The minimum atomic E-state index is -2.90. The summed E-state index contributed by atoms with van der Waals surface area (Å²) in [4.78, 5) is 15.5. The number of benzene rings is 1. The zero-order valence-corrected chi connectivity index (χ0v) is 14.0. The molecule has 0 bridgehead atoms. The summed E-state index contributed by atoms with van der Waals surface area (Å²) < 4.78 is 54.6. The summed E-state index contributed by atoms with van der Waals surface area (Å²) in [7, 11) is -2.90. The van der Waals surface area contributed by atoms with Crippen LogP contribution in [0.25, 0.3) is 0 Å². The highest BCUT2D eigenvalue weighted by molar-refractivity contribution is 7.69. The number of pyridine rings is 1. The maximum atomic E-state index is 13.1. The smallest absolute Gasteiger partial charge is 0.339 e. The molecule has 0 aliphatic rings. The van der Waals surface area contributed by atoms with Crippen LogP contribution >= 0.6 is 0 Å². The third kappa shape index (κ3) is 5.87. The van der Waals surface area contributed by atoms with E-state index in [2.05, 4.69) is 4.98 Å². The highest BCUT2D eigenvalue weighted by Gasteiger charge is 2.12. The van der Waals surface area contributed by atoms with Crippen molar-refractivity contribution in [3.8, 4) is 0 Å². The molecule has 0 N–H and O–H groups in total. The molecule has 25 heavy (non-hydrogen) atoms. The summed E-state index contributed by atoms with van der Waals surface area (Å²) in [5, 5.41) is 0. The summed E-state index contributed by atoms with van der Waals surface area (Å²) in [5.41, 5.74) is 0.732. The van der Waals surface area contributed by atoms with Crippen LogP contribution in [0.4, 0.5) is 8.78 Å². The second-order valence-electron chi connectivity index (χ2n) is 5.07. The Hall–Kier alpha value is -2.39. The lowest BCUT2D eigenvalue weighted by molar-refractivity contribution is 0.0489. The number of esters is 1. The molecule has 9 heteroatoms. The Labute approximate surface area is 145 Å². The number of rotatable bonds is 8. The van der Waals surface area contributed by atoms with Gasteiger partial charge in [0.1, 0.15) is 6.61 Å². The van der Waals surface area contributed by atoms with Gasteiger partial charge < -0.3 is 4.74 Å². The van der Waals surface area contributed by atoms with Gasteiger partial charge in [0.25, 0.3) is 0 Å². The number of hydrogen-bond acceptors (Lipinski definition) is 5. The number of ether oxygens (including phenoxy) is 1. The molecule has 0 spiro atoms. The van der Waals surface area contributed by atoms with Crippen LogP contribution in [0.5, 0.6) is 0 Å². The average molecular weight is 370 g/mol. The first-order valence-corrected chi connectivity index (χ1v) is 8.50. The van der Waals surface area contributed by atoms with Gasteiger partial charge in [0.2, 0.25) is 10.9 Å². The van der Waals surface area contributed by atoms with Crippen molar-refractivity contribution in [2.45, 2.75) is 6.42 Å². The summed E-state index contributed by atoms with van der Waals surface area (Å²) >= 11 is 0. The third-order valence-electron chi connectivity index (χ3n) is 3.35. The van der Waals surface area contributed by atoms with Crippen molar-refractivity contribution in [2.75, 3.05) is 19.7 Å². The number of thiol groups is 1. The number of carbonyl (C=O) groups excluding carboxylic acids is 1. The second kappa shape index (κ2) is 9.19. The predicted molar refractivity (Wildman–Crippen MR) is 86.5 cm³/mol. The number of halogens is 2. The van der Waals surface area contributed by atoms with E-state index < -0.39 is 28.5 Å². The SMILES string of the molecule is O=C(OCCN(CCc1ccc(F)c(F)c1)[SH](=O)=O)c1cccnc1. The fraction of sp³-hybridized carbons (Fsp3) is 0.250. The zero-order chi connectivity index (χ0) is 18.2. The Balaban J connectivity index is 1.84. The largest absolute Gasteiger partial charge is 0.461 e. The maximum absolute atomic E-state index is 13.1. The van der Waals surface area contributed by atoms with Crippen LogP contribution in [0.2, 0.25) is 0 Å². The lowest BCUT2D eigenvalue weighted by atomic mass is 10.1. The molecule has 1 heterocycles. The van der Waals surface area contributed by atoms with Gasteiger partial charge in [0, 0.05) is 25.5 Å². The first-order valence-electron chi connectivity index (χ1n) is 7.37. The van der Waals surface area contributed by atoms with Crippen molar-refractivity contribution in [1.29, 1.82) is 0 Å². The standard InChI is InChI=1S/C16H16F2N2O4S/c17-14-4-3-12(10-15(14)18)5-7-20(25(22)23)8-9-24-16(21)13-2-1-6-19-11-13/h1-4,6,10-11,25H,5,7-9H2. The normalized spacial score (nSPS) is 11.0. The zero-order valence-electron chi connectivity index (χ0n) is 13.1. The van der Waals surface area contributed by atoms with Gasteiger partial charge in [-0.25, -0.2) is 26.3 Å². The maximum Gasteiger partial charge on any atom is 0.339 e. The molecule has 1 aromatic heterocycles. The van der Waals surface area contributed by atoms with Gasteiger partial charge in [0.15, 0.2) is 11.6 Å². The van der Waals surface area contributed by atoms with E-state index in [1.807, 2.05) is 0 Å².